The first-order valence-corrected chi connectivity index (χ1v) is 4.03. The smallest absolute Gasteiger partial charge is 0.222 e. The van der Waals surface area contributed by atoms with E-state index in [2.05, 4.69) is 15.1 Å². The second-order valence-electron chi connectivity index (χ2n) is 2.50. The van der Waals surface area contributed by atoms with Gasteiger partial charge in [0.05, 0.1) is 23.6 Å². The van der Waals surface area contributed by atoms with Crippen molar-refractivity contribution in [3.8, 4) is 5.82 Å². The van der Waals surface area contributed by atoms with Gasteiger partial charge in [-0.05, 0) is 0 Å². The van der Waals surface area contributed by atoms with Gasteiger partial charge in [-0.3, -0.25) is 0 Å². The van der Waals surface area contributed by atoms with Crippen LogP contribution >= 0.6 is 11.6 Å². The number of nitrogens with zero attached hydrogens (tertiary/aromatic N) is 4. The van der Waals surface area contributed by atoms with E-state index >= 15 is 0 Å². The van der Waals surface area contributed by atoms with E-state index in [1.54, 1.807) is 0 Å². The maximum atomic E-state index is 13.2. The molecule has 0 unspecified atom stereocenters. The molecule has 0 atom stereocenters. The number of halogens is 2. The minimum Gasteiger partial charge on any atom is -0.368 e. The van der Waals surface area contributed by atoms with Crippen molar-refractivity contribution in [3.63, 3.8) is 0 Å². The molecule has 14 heavy (non-hydrogen) atoms. The molecule has 72 valence electrons. The topological polar surface area (TPSA) is 69.6 Å². The predicted octanol–water partition coefficient (Wildman–Crippen LogP) is 1.04. The highest BCUT2D eigenvalue weighted by Crippen LogP contribution is 2.12. The van der Waals surface area contributed by atoms with Crippen molar-refractivity contribution in [3.05, 3.63) is 29.4 Å². The first kappa shape index (κ1) is 8.89. The molecule has 2 heterocycles. The fourth-order valence-electron chi connectivity index (χ4n) is 0.949. The summed E-state index contributed by atoms with van der Waals surface area (Å²) in [7, 11) is 0. The summed E-state index contributed by atoms with van der Waals surface area (Å²) in [5, 5.41) is 4.18. The highest BCUT2D eigenvalue weighted by molar-refractivity contribution is 6.30. The standard InChI is InChI=1S/C7H5ClFN5/c8-4-1-12-14(3-4)6-5(9)2-11-7(10)13-6/h1-3H,(H2,10,11,13). The monoisotopic (exact) mass is 213 g/mol. The van der Waals surface area contributed by atoms with Crippen molar-refractivity contribution in [1.29, 1.82) is 0 Å². The zero-order valence-electron chi connectivity index (χ0n) is 6.85. The van der Waals surface area contributed by atoms with Crippen molar-refractivity contribution < 1.29 is 4.39 Å². The molecule has 0 radical (unpaired) electrons. The van der Waals surface area contributed by atoms with E-state index < -0.39 is 5.82 Å². The molecule has 7 heteroatoms. The fraction of sp³-hybridized carbons (Fsp3) is 0. The largest absolute Gasteiger partial charge is 0.368 e. The van der Waals surface area contributed by atoms with Crippen LogP contribution in [0.1, 0.15) is 0 Å². The highest BCUT2D eigenvalue weighted by atomic mass is 35.5. The Balaban J connectivity index is 2.55. The minimum absolute atomic E-state index is 0.0203. The number of rotatable bonds is 1. The molecule has 0 spiro atoms. The number of hydrogen-bond donors (Lipinski definition) is 1. The van der Waals surface area contributed by atoms with Gasteiger partial charge in [-0.1, -0.05) is 11.6 Å². The Morgan fingerprint density at radius 1 is 1.43 bits per heavy atom. The molecule has 0 amide bonds. The second-order valence-corrected chi connectivity index (χ2v) is 2.94. The lowest BCUT2D eigenvalue weighted by Crippen LogP contribution is -2.05. The van der Waals surface area contributed by atoms with E-state index in [4.69, 9.17) is 17.3 Å². The molecule has 5 nitrogen and oxygen atoms in total. The van der Waals surface area contributed by atoms with Crippen molar-refractivity contribution in [1.82, 2.24) is 19.7 Å². The molecule has 0 fully saturated rings. The van der Waals surface area contributed by atoms with Crippen molar-refractivity contribution in [2.75, 3.05) is 5.73 Å². The summed E-state index contributed by atoms with van der Waals surface area (Å²) < 4.78 is 14.4. The summed E-state index contributed by atoms with van der Waals surface area (Å²) in [5.74, 6) is -0.656. The van der Waals surface area contributed by atoms with Gasteiger partial charge < -0.3 is 5.73 Å². The van der Waals surface area contributed by atoms with E-state index in [-0.39, 0.29) is 11.8 Å². The van der Waals surface area contributed by atoms with E-state index in [1.807, 2.05) is 0 Å². The summed E-state index contributed by atoms with van der Waals surface area (Å²) in [6.45, 7) is 0. The van der Waals surface area contributed by atoms with Crippen LogP contribution in [0.25, 0.3) is 5.82 Å². The summed E-state index contributed by atoms with van der Waals surface area (Å²) in [6.07, 6.45) is 3.78. The molecular weight excluding hydrogens is 209 g/mol. The first-order chi connectivity index (χ1) is 6.66. The van der Waals surface area contributed by atoms with Crippen LogP contribution in [0.5, 0.6) is 0 Å². The average Bonchev–Trinajstić information content (AvgIpc) is 2.56. The lowest BCUT2D eigenvalue weighted by Gasteiger charge is -2.01. The van der Waals surface area contributed by atoms with Crippen LogP contribution < -0.4 is 5.73 Å². The number of hydrogen-bond acceptors (Lipinski definition) is 4. The number of nitrogen functional groups attached to an aromatic ring is 1. The van der Waals surface area contributed by atoms with E-state index in [1.165, 1.54) is 17.1 Å². The molecule has 0 aliphatic carbocycles. The lowest BCUT2D eigenvalue weighted by molar-refractivity contribution is 0.594. The SMILES string of the molecule is Nc1ncc(F)c(-n2cc(Cl)cn2)n1. The molecule has 2 rings (SSSR count). The fourth-order valence-corrected chi connectivity index (χ4v) is 1.08. The molecule has 2 aromatic rings. The maximum Gasteiger partial charge on any atom is 0.222 e. The molecule has 0 aliphatic rings. The maximum absolute atomic E-state index is 13.2. The van der Waals surface area contributed by atoms with Crippen LogP contribution in [0.3, 0.4) is 0 Å². The molecular formula is C7H5ClFN5. The number of nitrogens with two attached hydrogens (primary N) is 1. The Morgan fingerprint density at radius 2 is 2.21 bits per heavy atom. The van der Waals surface area contributed by atoms with E-state index in [0.717, 1.165) is 6.20 Å². The predicted molar refractivity (Wildman–Crippen MR) is 48.5 cm³/mol. The molecule has 0 saturated heterocycles. The average molecular weight is 214 g/mol. The third kappa shape index (κ3) is 1.51. The van der Waals surface area contributed by atoms with Gasteiger partial charge in [-0.15, -0.1) is 0 Å². The van der Waals surface area contributed by atoms with Gasteiger partial charge in [-0.25, -0.2) is 14.1 Å². The molecule has 2 N–H and O–H groups in total. The lowest BCUT2D eigenvalue weighted by atomic mass is 10.5. The third-order valence-electron chi connectivity index (χ3n) is 1.51. The third-order valence-corrected chi connectivity index (χ3v) is 1.71. The van der Waals surface area contributed by atoms with Gasteiger partial charge in [0.2, 0.25) is 5.95 Å². The van der Waals surface area contributed by atoms with Gasteiger partial charge in [0.25, 0.3) is 0 Å². The van der Waals surface area contributed by atoms with E-state index in [0.29, 0.717) is 5.02 Å². The van der Waals surface area contributed by atoms with Crippen LogP contribution in [0.2, 0.25) is 5.02 Å². The molecule has 0 aliphatic heterocycles. The van der Waals surface area contributed by atoms with Gasteiger partial charge in [0, 0.05) is 0 Å². The summed E-state index contributed by atoms with van der Waals surface area (Å²) in [5.41, 5.74) is 5.31. The van der Waals surface area contributed by atoms with Crippen molar-refractivity contribution in [2.24, 2.45) is 0 Å². The van der Waals surface area contributed by atoms with Gasteiger partial charge >= 0.3 is 0 Å². The number of aromatic nitrogens is 4. The van der Waals surface area contributed by atoms with Crippen LogP contribution in [0.15, 0.2) is 18.6 Å². The van der Waals surface area contributed by atoms with Crippen LogP contribution in [0.4, 0.5) is 10.3 Å². The first-order valence-electron chi connectivity index (χ1n) is 3.65. The summed E-state index contributed by atoms with van der Waals surface area (Å²) in [6, 6.07) is 0. The molecule has 0 aromatic carbocycles. The van der Waals surface area contributed by atoms with Gasteiger partial charge in [0.15, 0.2) is 11.6 Å². The Kier molecular flexibility index (Phi) is 2.05. The quantitative estimate of drug-likeness (QED) is 0.768. The van der Waals surface area contributed by atoms with Crippen LogP contribution in [-0.4, -0.2) is 19.7 Å². The Bertz CT molecular complexity index is 469. The van der Waals surface area contributed by atoms with Gasteiger partial charge in [-0.2, -0.15) is 10.1 Å². The molecule has 0 bridgehead atoms. The second kappa shape index (κ2) is 3.22. The highest BCUT2D eigenvalue weighted by Gasteiger charge is 2.08. The zero-order valence-corrected chi connectivity index (χ0v) is 7.61. The summed E-state index contributed by atoms with van der Waals surface area (Å²) >= 11 is 5.62. The Hall–Kier alpha value is -1.69. The van der Waals surface area contributed by atoms with Crippen LogP contribution in [-0.2, 0) is 0 Å². The Morgan fingerprint density at radius 3 is 2.86 bits per heavy atom. The van der Waals surface area contributed by atoms with E-state index in [9.17, 15) is 4.39 Å². The minimum atomic E-state index is -0.612. The van der Waals surface area contributed by atoms with Crippen LogP contribution in [0, 0.1) is 5.82 Å². The van der Waals surface area contributed by atoms with Crippen molar-refractivity contribution >= 4 is 17.5 Å². The zero-order chi connectivity index (χ0) is 10.1. The molecule has 0 saturated carbocycles. The van der Waals surface area contributed by atoms with Gasteiger partial charge in [0.1, 0.15) is 0 Å². The number of anilines is 1. The normalized spacial score (nSPS) is 10.4. The van der Waals surface area contributed by atoms with Crippen molar-refractivity contribution in [2.45, 2.75) is 0 Å². The molecule has 2 aromatic heterocycles. The Labute approximate surface area is 83.3 Å². The summed E-state index contributed by atoms with van der Waals surface area (Å²) in [4.78, 5) is 7.18.